The molecule has 0 radical (unpaired) electrons. The van der Waals surface area contributed by atoms with E-state index in [2.05, 4.69) is 6.92 Å². The van der Waals surface area contributed by atoms with Gasteiger partial charge in [-0.3, -0.25) is 0 Å². The Kier molecular flexibility index (Phi) is 2.53. The Morgan fingerprint density at radius 3 is 2.80 bits per heavy atom. The third-order valence-electron chi connectivity index (χ3n) is 1.59. The van der Waals surface area contributed by atoms with Crippen molar-refractivity contribution in [3.05, 3.63) is 0 Å². The number of hydrogen-bond donors (Lipinski definition) is 0. The summed E-state index contributed by atoms with van der Waals surface area (Å²) in [5.74, 6) is 0. The highest BCUT2D eigenvalue weighted by molar-refractivity contribution is 6.25. The first-order valence-corrected chi connectivity index (χ1v) is 4.04. The van der Waals surface area contributed by atoms with E-state index in [0.29, 0.717) is 13.0 Å². The van der Waals surface area contributed by atoms with Crippen LogP contribution in [0.2, 0.25) is 0 Å². The average molecular weight is 167 g/mol. The summed E-state index contributed by atoms with van der Waals surface area (Å²) in [6, 6.07) is 0. The molecule has 1 fully saturated rings. The second-order valence-corrected chi connectivity index (χ2v) is 3.31. The van der Waals surface area contributed by atoms with Crippen molar-refractivity contribution in [1.29, 1.82) is 0 Å². The molecule has 0 spiro atoms. The summed E-state index contributed by atoms with van der Waals surface area (Å²) < 4.78 is 17.6. The summed E-state index contributed by atoms with van der Waals surface area (Å²) in [6.45, 7) is 2.71. The van der Waals surface area contributed by atoms with Crippen LogP contribution < -0.4 is 0 Å². The van der Waals surface area contributed by atoms with E-state index in [1.165, 1.54) is 0 Å². The van der Waals surface area contributed by atoms with E-state index >= 15 is 0 Å². The maximum Gasteiger partial charge on any atom is 0.212 e. The van der Waals surface area contributed by atoms with Crippen molar-refractivity contribution in [3.63, 3.8) is 0 Å². The third-order valence-corrected chi connectivity index (χ3v) is 1.98. The van der Waals surface area contributed by atoms with Crippen LogP contribution in [-0.4, -0.2) is 17.8 Å². The van der Waals surface area contributed by atoms with Gasteiger partial charge in [0.25, 0.3) is 0 Å². The Bertz CT molecular complexity index is 116. The van der Waals surface area contributed by atoms with Gasteiger partial charge in [0.2, 0.25) is 5.13 Å². The maximum atomic E-state index is 12.5. The van der Waals surface area contributed by atoms with E-state index in [1.54, 1.807) is 0 Å². The Morgan fingerprint density at radius 2 is 2.40 bits per heavy atom. The number of hydrogen-bond acceptors (Lipinski definition) is 1. The normalized spacial score (nSPS) is 38.1. The third kappa shape index (κ3) is 2.10. The molecule has 0 aromatic carbocycles. The molecule has 0 aromatic rings. The summed E-state index contributed by atoms with van der Waals surface area (Å²) in [4.78, 5) is 0. The van der Waals surface area contributed by atoms with E-state index < -0.39 is 5.13 Å². The minimum Gasteiger partial charge on any atom is -0.373 e. The van der Waals surface area contributed by atoms with Crippen LogP contribution in [0.4, 0.5) is 4.39 Å². The summed E-state index contributed by atoms with van der Waals surface area (Å²) in [5.41, 5.74) is 0. The lowest BCUT2D eigenvalue weighted by Gasteiger charge is -2.00. The fourth-order valence-corrected chi connectivity index (χ4v) is 0.942. The second kappa shape index (κ2) is 3.05. The van der Waals surface area contributed by atoms with Crippen LogP contribution in [0.25, 0.3) is 0 Å². The van der Waals surface area contributed by atoms with E-state index in [1.807, 2.05) is 0 Å². The molecular formula is C7H12ClFO. The number of ether oxygens (including phenoxy) is 1. The molecule has 1 rings (SSSR count). The zero-order valence-corrected chi connectivity index (χ0v) is 6.83. The van der Waals surface area contributed by atoms with Crippen LogP contribution in [0, 0.1) is 0 Å². The number of unbranched alkanes of at least 4 members (excludes halogenated alkanes) is 1. The smallest absolute Gasteiger partial charge is 0.212 e. The summed E-state index contributed by atoms with van der Waals surface area (Å²) >= 11 is 5.29. The van der Waals surface area contributed by atoms with Gasteiger partial charge in [0.1, 0.15) is 6.10 Å². The Hall–Kier alpha value is 0.180. The average Bonchev–Trinajstić information content (AvgIpc) is 2.41. The topological polar surface area (TPSA) is 9.23 Å². The van der Waals surface area contributed by atoms with E-state index in [4.69, 9.17) is 16.3 Å². The highest BCUT2D eigenvalue weighted by Gasteiger charge is 2.55. The molecule has 0 bridgehead atoms. The Balaban J connectivity index is 1.97. The van der Waals surface area contributed by atoms with Crippen molar-refractivity contribution in [2.24, 2.45) is 0 Å². The lowest BCUT2D eigenvalue weighted by molar-refractivity contribution is 0.0925. The van der Waals surface area contributed by atoms with E-state index in [9.17, 15) is 4.39 Å². The van der Waals surface area contributed by atoms with Gasteiger partial charge in [0, 0.05) is 13.0 Å². The van der Waals surface area contributed by atoms with Gasteiger partial charge in [0.05, 0.1) is 0 Å². The lowest BCUT2D eigenvalue weighted by Crippen LogP contribution is -2.03. The van der Waals surface area contributed by atoms with Crippen molar-refractivity contribution < 1.29 is 9.13 Å². The van der Waals surface area contributed by atoms with Crippen LogP contribution in [0.3, 0.4) is 0 Å². The van der Waals surface area contributed by atoms with Crippen molar-refractivity contribution in [2.45, 2.75) is 37.4 Å². The van der Waals surface area contributed by atoms with Gasteiger partial charge in [-0.1, -0.05) is 24.9 Å². The summed E-state index contributed by atoms with van der Waals surface area (Å²) in [6.07, 6.45) is 2.09. The van der Waals surface area contributed by atoms with E-state index in [0.717, 1.165) is 12.8 Å². The first-order valence-electron chi connectivity index (χ1n) is 3.66. The van der Waals surface area contributed by atoms with Gasteiger partial charge in [-0.15, -0.1) is 0 Å². The van der Waals surface area contributed by atoms with Crippen molar-refractivity contribution in [2.75, 3.05) is 6.61 Å². The van der Waals surface area contributed by atoms with Crippen molar-refractivity contribution in [1.82, 2.24) is 0 Å². The van der Waals surface area contributed by atoms with Gasteiger partial charge in [-0.2, -0.15) is 0 Å². The van der Waals surface area contributed by atoms with Crippen LogP contribution in [0.1, 0.15) is 26.2 Å². The van der Waals surface area contributed by atoms with Crippen LogP contribution in [-0.2, 0) is 4.74 Å². The summed E-state index contributed by atoms with van der Waals surface area (Å²) in [5, 5.41) is -1.53. The molecule has 1 aliphatic rings. The molecule has 0 aliphatic heterocycles. The largest absolute Gasteiger partial charge is 0.373 e. The fraction of sp³-hybridized carbons (Fsp3) is 1.00. The molecule has 0 amide bonds. The number of alkyl halides is 2. The molecule has 10 heavy (non-hydrogen) atoms. The molecule has 0 heterocycles. The first-order chi connectivity index (χ1) is 4.67. The number of rotatable bonds is 4. The molecule has 1 saturated carbocycles. The quantitative estimate of drug-likeness (QED) is 0.461. The first kappa shape index (κ1) is 8.28. The summed E-state index contributed by atoms with van der Waals surface area (Å²) in [7, 11) is 0. The molecule has 2 unspecified atom stereocenters. The minimum absolute atomic E-state index is 0.333. The van der Waals surface area contributed by atoms with Crippen LogP contribution in [0.5, 0.6) is 0 Å². The van der Waals surface area contributed by atoms with Gasteiger partial charge < -0.3 is 4.74 Å². The highest BCUT2D eigenvalue weighted by Crippen LogP contribution is 2.46. The Labute approximate surface area is 65.5 Å². The minimum atomic E-state index is -1.53. The predicted molar refractivity (Wildman–Crippen MR) is 39.0 cm³/mol. The van der Waals surface area contributed by atoms with Crippen LogP contribution >= 0.6 is 11.6 Å². The molecule has 2 atom stereocenters. The molecule has 0 N–H and O–H groups in total. The van der Waals surface area contributed by atoms with Gasteiger partial charge in [0.15, 0.2) is 0 Å². The Morgan fingerprint density at radius 1 is 1.80 bits per heavy atom. The molecule has 3 heteroatoms. The van der Waals surface area contributed by atoms with Crippen molar-refractivity contribution in [3.8, 4) is 0 Å². The highest BCUT2D eigenvalue weighted by atomic mass is 35.5. The lowest BCUT2D eigenvalue weighted by atomic mass is 10.4. The predicted octanol–water partition coefficient (Wildman–Crippen LogP) is 2.48. The second-order valence-electron chi connectivity index (χ2n) is 2.68. The number of halogens is 2. The molecule has 0 saturated heterocycles. The monoisotopic (exact) mass is 166 g/mol. The van der Waals surface area contributed by atoms with Gasteiger partial charge >= 0.3 is 0 Å². The van der Waals surface area contributed by atoms with Crippen LogP contribution in [0.15, 0.2) is 0 Å². The SMILES string of the molecule is CCCCOC1CC1(F)Cl. The van der Waals surface area contributed by atoms with Gasteiger partial charge in [-0.05, 0) is 6.42 Å². The molecule has 1 aliphatic carbocycles. The fourth-order valence-electron chi connectivity index (χ4n) is 0.739. The van der Waals surface area contributed by atoms with E-state index in [-0.39, 0.29) is 6.10 Å². The zero-order chi connectivity index (χ0) is 7.61. The van der Waals surface area contributed by atoms with Gasteiger partial charge in [-0.25, -0.2) is 4.39 Å². The molecule has 1 nitrogen and oxygen atoms in total. The molecule has 0 aromatic heterocycles. The maximum absolute atomic E-state index is 12.5. The van der Waals surface area contributed by atoms with Crippen molar-refractivity contribution >= 4 is 11.6 Å². The molecular weight excluding hydrogens is 155 g/mol. The standard InChI is InChI=1S/C7H12ClFO/c1-2-3-4-10-6-5-7(6,8)9/h6H,2-5H2,1H3. The molecule has 60 valence electrons. The zero-order valence-electron chi connectivity index (χ0n) is 6.07.